The Morgan fingerprint density at radius 2 is 2.00 bits per heavy atom. The Morgan fingerprint density at radius 1 is 1.22 bits per heavy atom. The highest BCUT2D eigenvalue weighted by atomic mass is 16.5. The van der Waals surface area contributed by atoms with Crippen LogP contribution in [0.4, 0.5) is 4.79 Å². The van der Waals surface area contributed by atoms with Gasteiger partial charge in [-0.15, -0.1) is 0 Å². The number of carbonyl (C=O) groups is 1. The first-order valence-electron chi connectivity index (χ1n) is 9.56. The number of benzene rings is 2. The Balaban J connectivity index is 1.67. The number of nitrogens with one attached hydrogen (secondary N) is 1. The fraction of sp³-hybridized carbons (Fsp3) is 0.409. The zero-order valence-electron chi connectivity index (χ0n) is 16.3. The molecule has 3 rings (SSSR count). The molecule has 0 radical (unpaired) electrons. The van der Waals surface area contributed by atoms with Crippen molar-refractivity contribution in [2.45, 2.75) is 38.8 Å². The summed E-state index contributed by atoms with van der Waals surface area (Å²) in [6, 6.07) is 15.9. The number of carbonyl (C=O) groups excluding carboxylic acids is 1. The molecule has 5 nitrogen and oxygen atoms in total. The van der Waals surface area contributed by atoms with Gasteiger partial charge >= 0.3 is 6.03 Å². The fourth-order valence-corrected chi connectivity index (χ4v) is 3.57. The van der Waals surface area contributed by atoms with Crippen LogP contribution in [-0.2, 0) is 0 Å². The molecular formula is C22H28N2O3. The zero-order chi connectivity index (χ0) is 19.2. The lowest BCUT2D eigenvalue weighted by Gasteiger charge is -2.27. The molecule has 1 aliphatic rings. The Bertz CT molecular complexity index is 760. The van der Waals surface area contributed by atoms with Crippen LogP contribution in [0.2, 0.25) is 0 Å². The lowest BCUT2D eigenvalue weighted by atomic mass is 10.0. The highest BCUT2D eigenvalue weighted by Crippen LogP contribution is 2.33. The predicted molar refractivity (Wildman–Crippen MR) is 106 cm³/mol. The van der Waals surface area contributed by atoms with Crippen LogP contribution < -0.4 is 14.8 Å². The summed E-state index contributed by atoms with van der Waals surface area (Å²) < 4.78 is 10.8. The Hall–Kier alpha value is -2.69. The lowest BCUT2D eigenvalue weighted by Crippen LogP contribution is -2.40. The third kappa shape index (κ3) is 4.54. The van der Waals surface area contributed by atoms with Gasteiger partial charge in [0.2, 0.25) is 0 Å². The van der Waals surface area contributed by atoms with E-state index in [9.17, 15) is 4.79 Å². The standard InChI is InChI=1S/C22H28N2O3/c1-4-27-20-8-5-7-18(15-20)16(2)23-22(25)24-14-6-9-21(24)17-10-12-19(26-3)13-11-17/h5,7-8,10-13,15-16,21H,4,6,9,14H2,1-3H3,(H,23,25). The summed E-state index contributed by atoms with van der Waals surface area (Å²) in [5.74, 6) is 1.66. The van der Waals surface area contributed by atoms with Gasteiger partial charge in [-0.3, -0.25) is 0 Å². The molecule has 0 aliphatic carbocycles. The average Bonchev–Trinajstić information content (AvgIpc) is 3.18. The third-order valence-corrected chi connectivity index (χ3v) is 5.02. The topological polar surface area (TPSA) is 50.8 Å². The van der Waals surface area contributed by atoms with E-state index in [2.05, 4.69) is 5.32 Å². The lowest BCUT2D eigenvalue weighted by molar-refractivity contribution is 0.189. The number of rotatable bonds is 6. The van der Waals surface area contributed by atoms with Gasteiger partial charge in [0.1, 0.15) is 11.5 Å². The van der Waals surface area contributed by atoms with Crippen LogP contribution in [0.25, 0.3) is 0 Å². The van der Waals surface area contributed by atoms with Crippen molar-refractivity contribution in [3.63, 3.8) is 0 Å². The molecule has 0 spiro atoms. The first kappa shape index (κ1) is 19.1. The second-order valence-electron chi connectivity index (χ2n) is 6.80. The highest BCUT2D eigenvalue weighted by Gasteiger charge is 2.30. The van der Waals surface area contributed by atoms with Crippen LogP contribution >= 0.6 is 0 Å². The number of likely N-dealkylation sites (tertiary alicyclic amines) is 1. The van der Waals surface area contributed by atoms with Crippen LogP contribution in [0, 0.1) is 0 Å². The van der Waals surface area contributed by atoms with Crippen molar-refractivity contribution in [2.75, 3.05) is 20.3 Å². The minimum absolute atomic E-state index is 0.0253. The van der Waals surface area contributed by atoms with Crippen LogP contribution in [0.1, 0.15) is 49.9 Å². The van der Waals surface area contributed by atoms with Gasteiger partial charge in [-0.25, -0.2) is 4.79 Å². The maximum Gasteiger partial charge on any atom is 0.318 e. The Labute approximate surface area is 161 Å². The van der Waals surface area contributed by atoms with Crippen molar-refractivity contribution in [3.05, 3.63) is 59.7 Å². The molecule has 5 heteroatoms. The SMILES string of the molecule is CCOc1cccc(C(C)NC(=O)N2CCCC2c2ccc(OC)cc2)c1. The molecular weight excluding hydrogens is 340 g/mol. The molecule has 0 saturated carbocycles. The highest BCUT2D eigenvalue weighted by molar-refractivity contribution is 5.75. The van der Waals surface area contributed by atoms with Gasteiger partial charge in [0.05, 0.1) is 25.8 Å². The van der Waals surface area contributed by atoms with Gasteiger partial charge in [0.15, 0.2) is 0 Å². The van der Waals surface area contributed by atoms with E-state index in [1.54, 1.807) is 7.11 Å². The third-order valence-electron chi connectivity index (χ3n) is 5.02. The van der Waals surface area contributed by atoms with Crippen LogP contribution in [0.15, 0.2) is 48.5 Å². The molecule has 1 aliphatic heterocycles. The number of amides is 2. The van der Waals surface area contributed by atoms with Gasteiger partial charge in [-0.2, -0.15) is 0 Å². The van der Waals surface area contributed by atoms with E-state index < -0.39 is 0 Å². The first-order chi connectivity index (χ1) is 13.1. The minimum atomic E-state index is -0.0879. The molecule has 1 saturated heterocycles. The molecule has 2 amide bonds. The molecule has 0 aromatic heterocycles. The molecule has 1 heterocycles. The van der Waals surface area contributed by atoms with Gasteiger partial charge in [-0.05, 0) is 62.1 Å². The van der Waals surface area contributed by atoms with Crippen LogP contribution in [0.5, 0.6) is 11.5 Å². The number of nitrogens with zero attached hydrogens (tertiary/aromatic N) is 1. The first-order valence-corrected chi connectivity index (χ1v) is 9.56. The number of urea groups is 1. The molecule has 2 aromatic rings. The normalized spacial score (nSPS) is 17.4. The van der Waals surface area contributed by atoms with E-state index in [0.717, 1.165) is 42.0 Å². The summed E-state index contributed by atoms with van der Waals surface area (Å²) in [4.78, 5) is 14.8. The molecule has 2 unspecified atom stereocenters. The van der Waals surface area contributed by atoms with Gasteiger partial charge in [-0.1, -0.05) is 24.3 Å². The van der Waals surface area contributed by atoms with Gasteiger partial charge < -0.3 is 19.7 Å². The van der Waals surface area contributed by atoms with Crippen molar-refractivity contribution >= 4 is 6.03 Å². The van der Waals surface area contributed by atoms with Gasteiger partial charge in [0.25, 0.3) is 0 Å². The zero-order valence-corrected chi connectivity index (χ0v) is 16.3. The summed E-state index contributed by atoms with van der Waals surface area (Å²) in [7, 11) is 1.66. The summed E-state index contributed by atoms with van der Waals surface area (Å²) in [6.07, 6.45) is 1.99. The average molecular weight is 368 g/mol. The summed E-state index contributed by atoms with van der Waals surface area (Å²) >= 11 is 0. The predicted octanol–water partition coefficient (Wildman–Crippen LogP) is 4.70. The van der Waals surface area contributed by atoms with E-state index in [0.29, 0.717) is 6.61 Å². The number of hydrogen-bond donors (Lipinski definition) is 1. The van der Waals surface area contributed by atoms with Gasteiger partial charge in [0, 0.05) is 6.54 Å². The Morgan fingerprint density at radius 3 is 2.70 bits per heavy atom. The van der Waals surface area contributed by atoms with E-state index >= 15 is 0 Å². The maximum absolute atomic E-state index is 12.9. The molecule has 144 valence electrons. The number of hydrogen-bond acceptors (Lipinski definition) is 3. The monoisotopic (exact) mass is 368 g/mol. The summed E-state index contributed by atoms with van der Waals surface area (Å²) in [5.41, 5.74) is 2.18. The molecule has 2 aromatic carbocycles. The van der Waals surface area contributed by atoms with Crippen LogP contribution in [0.3, 0.4) is 0 Å². The van der Waals surface area contributed by atoms with E-state index in [1.807, 2.05) is 67.3 Å². The Kier molecular flexibility index (Phi) is 6.22. The second-order valence-corrected chi connectivity index (χ2v) is 6.80. The largest absolute Gasteiger partial charge is 0.497 e. The summed E-state index contributed by atoms with van der Waals surface area (Å²) in [5, 5.41) is 3.14. The van der Waals surface area contributed by atoms with E-state index in [4.69, 9.17) is 9.47 Å². The smallest absolute Gasteiger partial charge is 0.318 e. The summed E-state index contributed by atoms with van der Waals surface area (Å²) in [6.45, 7) is 5.36. The van der Waals surface area contributed by atoms with E-state index in [1.165, 1.54) is 0 Å². The number of methoxy groups -OCH3 is 1. The van der Waals surface area contributed by atoms with Crippen molar-refractivity contribution in [3.8, 4) is 11.5 Å². The molecule has 1 N–H and O–H groups in total. The molecule has 0 bridgehead atoms. The van der Waals surface area contributed by atoms with Crippen molar-refractivity contribution < 1.29 is 14.3 Å². The quantitative estimate of drug-likeness (QED) is 0.804. The maximum atomic E-state index is 12.9. The minimum Gasteiger partial charge on any atom is -0.497 e. The molecule has 27 heavy (non-hydrogen) atoms. The van der Waals surface area contributed by atoms with Crippen molar-refractivity contribution in [2.24, 2.45) is 0 Å². The number of ether oxygens (including phenoxy) is 2. The van der Waals surface area contributed by atoms with Crippen molar-refractivity contribution in [1.29, 1.82) is 0 Å². The second kappa shape index (κ2) is 8.80. The van der Waals surface area contributed by atoms with Crippen LogP contribution in [-0.4, -0.2) is 31.2 Å². The molecule has 1 fully saturated rings. The fourth-order valence-electron chi connectivity index (χ4n) is 3.57. The molecule has 2 atom stereocenters. The van der Waals surface area contributed by atoms with E-state index in [-0.39, 0.29) is 18.1 Å². The van der Waals surface area contributed by atoms with Crippen molar-refractivity contribution in [1.82, 2.24) is 10.2 Å².